The molecule has 1 atom stereocenters. The zero-order valence-electron chi connectivity index (χ0n) is 11.3. The summed E-state index contributed by atoms with van der Waals surface area (Å²) in [6, 6.07) is 3.73. The second-order valence-electron chi connectivity index (χ2n) is 5.11. The van der Waals surface area contributed by atoms with E-state index in [0.29, 0.717) is 23.2 Å². The van der Waals surface area contributed by atoms with Gasteiger partial charge in [-0.1, -0.05) is 0 Å². The number of rotatable bonds is 3. The molecule has 2 N–H and O–H groups in total. The first-order valence-corrected chi connectivity index (χ1v) is 7.48. The third-order valence-corrected chi connectivity index (χ3v) is 4.10. The zero-order valence-corrected chi connectivity index (χ0v) is 12.9. The number of carbonyl (C=O) groups is 2. The standard InChI is InChI=1S/C14H16BrFN2O3/c15-11-7-10(16)3-4-12(11)17-14(21)18-5-1-2-9(8-18)6-13(19)20/h3-4,7,9H,1-2,5-6,8H2,(H,17,21)(H,19,20). The first-order valence-electron chi connectivity index (χ1n) is 6.68. The molecule has 1 saturated heterocycles. The summed E-state index contributed by atoms with van der Waals surface area (Å²) >= 11 is 3.19. The van der Waals surface area contributed by atoms with E-state index in [9.17, 15) is 14.0 Å². The van der Waals surface area contributed by atoms with Gasteiger partial charge in [0.25, 0.3) is 0 Å². The molecule has 2 rings (SSSR count). The predicted molar refractivity (Wildman–Crippen MR) is 79.7 cm³/mol. The number of benzene rings is 1. The number of hydrogen-bond acceptors (Lipinski definition) is 2. The van der Waals surface area contributed by atoms with Crippen LogP contribution in [0, 0.1) is 11.7 Å². The zero-order chi connectivity index (χ0) is 15.4. The van der Waals surface area contributed by atoms with Gasteiger partial charge < -0.3 is 15.3 Å². The number of piperidine rings is 1. The van der Waals surface area contributed by atoms with Crippen molar-refractivity contribution in [3.05, 3.63) is 28.5 Å². The SMILES string of the molecule is O=C(O)CC1CCCN(C(=O)Nc2ccc(F)cc2Br)C1. The number of hydrogen-bond donors (Lipinski definition) is 2. The van der Waals surface area contributed by atoms with Gasteiger partial charge in [0.2, 0.25) is 0 Å². The number of nitrogens with one attached hydrogen (secondary N) is 1. The quantitative estimate of drug-likeness (QED) is 0.870. The van der Waals surface area contributed by atoms with Crippen LogP contribution in [0.5, 0.6) is 0 Å². The Balaban J connectivity index is 1.97. The molecule has 0 bridgehead atoms. The Morgan fingerprint density at radius 3 is 2.90 bits per heavy atom. The maximum absolute atomic E-state index is 13.0. The van der Waals surface area contributed by atoms with Crippen LogP contribution in [-0.4, -0.2) is 35.1 Å². The summed E-state index contributed by atoms with van der Waals surface area (Å²) in [6.45, 7) is 1.03. The van der Waals surface area contributed by atoms with Gasteiger partial charge in [0.05, 0.1) is 5.69 Å². The third kappa shape index (κ3) is 4.42. The van der Waals surface area contributed by atoms with Crippen LogP contribution in [0.25, 0.3) is 0 Å². The number of anilines is 1. The summed E-state index contributed by atoms with van der Waals surface area (Å²) in [4.78, 5) is 24.5. The molecule has 0 aromatic heterocycles. The Labute approximate surface area is 130 Å². The van der Waals surface area contributed by atoms with E-state index < -0.39 is 5.97 Å². The lowest BCUT2D eigenvalue weighted by atomic mass is 9.95. The Bertz CT molecular complexity index is 553. The van der Waals surface area contributed by atoms with E-state index in [4.69, 9.17) is 5.11 Å². The van der Waals surface area contributed by atoms with Crippen molar-refractivity contribution in [3.63, 3.8) is 0 Å². The summed E-state index contributed by atoms with van der Waals surface area (Å²) in [6.07, 6.45) is 1.68. The van der Waals surface area contributed by atoms with Crippen LogP contribution >= 0.6 is 15.9 Å². The molecule has 1 fully saturated rings. The molecule has 1 aromatic carbocycles. The molecule has 1 aromatic rings. The van der Waals surface area contributed by atoms with E-state index in [0.717, 1.165) is 12.8 Å². The molecular formula is C14H16BrFN2O3. The molecule has 1 heterocycles. The summed E-state index contributed by atoms with van der Waals surface area (Å²) < 4.78 is 13.5. The Kier molecular flexibility index (Phi) is 5.17. The van der Waals surface area contributed by atoms with Gasteiger partial charge in [-0.2, -0.15) is 0 Å². The van der Waals surface area contributed by atoms with Gasteiger partial charge in [-0.15, -0.1) is 0 Å². The number of halogens is 2. The summed E-state index contributed by atoms with van der Waals surface area (Å²) in [5.41, 5.74) is 0.488. The fourth-order valence-corrected chi connectivity index (χ4v) is 2.90. The summed E-state index contributed by atoms with van der Waals surface area (Å²) in [5.74, 6) is -1.25. The van der Waals surface area contributed by atoms with Crippen molar-refractivity contribution in [1.29, 1.82) is 0 Å². The molecule has 0 aliphatic carbocycles. The number of nitrogens with zero attached hydrogens (tertiary/aromatic N) is 1. The number of amides is 2. The normalized spacial score (nSPS) is 18.4. The Hall–Kier alpha value is -1.63. The van der Waals surface area contributed by atoms with Crippen LogP contribution in [0.1, 0.15) is 19.3 Å². The van der Waals surface area contributed by atoms with E-state index in [1.807, 2.05) is 0 Å². The Morgan fingerprint density at radius 2 is 2.24 bits per heavy atom. The van der Waals surface area contributed by atoms with Gasteiger partial charge in [-0.3, -0.25) is 4.79 Å². The number of carbonyl (C=O) groups excluding carboxylic acids is 1. The summed E-state index contributed by atoms with van der Waals surface area (Å²) in [5, 5.41) is 11.5. The molecular weight excluding hydrogens is 343 g/mol. The molecule has 21 heavy (non-hydrogen) atoms. The van der Waals surface area contributed by atoms with Gasteiger partial charge in [0.15, 0.2) is 0 Å². The lowest BCUT2D eigenvalue weighted by Crippen LogP contribution is -2.42. The third-order valence-electron chi connectivity index (χ3n) is 3.44. The van der Waals surface area contributed by atoms with E-state index in [-0.39, 0.29) is 24.2 Å². The molecule has 5 nitrogen and oxygen atoms in total. The van der Waals surface area contributed by atoms with Crippen molar-refractivity contribution in [2.75, 3.05) is 18.4 Å². The smallest absolute Gasteiger partial charge is 0.321 e. The van der Waals surface area contributed by atoms with Gasteiger partial charge >= 0.3 is 12.0 Å². The average Bonchev–Trinajstić information content (AvgIpc) is 2.41. The second kappa shape index (κ2) is 6.89. The molecule has 1 aliphatic rings. The van der Waals surface area contributed by atoms with Crippen LogP contribution in [0.3, 0.4) is 0 Å². The van der Waals surface area contributed by atoms with Crippen molar-refractivity contribution in [2.45, 2.75) is 19.3 Å². The first-order chi connectivity index (χ1) is 9.95. The van der Waals surface area contributed by atoms with Crippen LogP contribution in [0.4, 0.5) is 14.9 Å². The van der Waals surface area contributed by atoms with E-state index in [1.54, 1.807) is 4.90 Å². The van der Waals surface area contributed by atoms with Crippen LogP contribution < -0.4 is 5.32 Å². The topological polar surface area (TPSA) is 69.6 Å². The molecule has 0 spiro atoms. The average molecular weight is 359 g/mol. The number of urea groups is 1. The molecule has 0 radical (unpaired) electrons. The highest BCUT2D eigenvalue weighted by molar-refractivity contribution is 9.10. The molecule has 0 saturated carbocycles. The van der Waals surface area contributed by atoms with Crippen molar-refractivity contribution >= 4 is 33.6 Å². The number of aliphatic carboxylic acids is 1. The van der Waals surface area contributed by atoms with E-state index in [1.165, 1.54) is 18.2 Å². The number of carboxylic acid groups (broad SMARTS) is 1. The largest absolute Gasteiger partial charge is 0.481 e. The van der Waals surface area contributed by atoms with Gasteiger partial charge in [-0.05, 0) is 52.9 Å². The van der Waals surface area contributed by atoms with Crippen molar-refractivity contribution in [1.82, 2.24) is 4.90 Å². The van der Waals surface area contributed by atoms with Crippen LogP contribution in [0.15, 0.2) is 22.7 Å². The van der Waals surface area contributed by atoms with Crippen molar-refractivity contribution in [3.8, 4) is 0 Å². The van der Waals surface area contributed by atoms with Crippen molar-refractivity contribution in [2.24, 2.45) is 5.92 Å². The predicted octanol–water partition coefficient (Wildman–Crippen LogP) is 3.31. The fourth-order valence-electron chi connectivity index (χ4n) is 2.45. The van der Waals surface area contributed by atoms with Crippen molar-refractivity contribution < 1.29 is 19.1 Å². The maximum Gasteiger partial charge on any atom is 0.321 e. The maximum atomic E-state index is 13.0. The first kappa shape index (κ1) is 15.8. The Morgan fingerprint density at radius 1 is 1.48 bits per heavy atom. The molecule has 2 amide bonds. The molecule has 114 valence electrons. The minimum atomic E-state index is -0.844. The minimum absolute atomic E-state index is 0.0151. The highest BCUT2D eigenvalue weighted by Gasteiger charge is 2.25. The van der Waals surface area contributed by atoms with E-state index >= 15 is 0 Å². The number of carboxylic acids is 1. The van der Waals surface area contributed by atoms with Gasteiger partial charge in [-0.25, -0.2) is 9.18 Å². The molecule has 1 aliphatic heterocycles. The fraction of sp³-hybridized carbons (Fsp3) is 0.429. The molecule has 7 heteroatoms. The second-order valence-corrected chi connectivity index (χ2v) is 5.96. The molecule has 1 unspecified atom stereocenters. The van der Waals surface area contributed by atoms with Crippen LogP contribution in [-0.2, 0) is 4.79 Å². The van der Waals surface area contributed by atoms with E-state index in [2.05, 4.69) is 21.2 Å². The monoisotopic (exact) mass is 358 g/mol. The van der Waals surface area contributed by atoms with Gasteiger partial charge in [0.1, 0.15) is 5.82 Å². The van der Waals surface area contributed by atoms with Crippen LogP contribution in [0.2, 0.25) is 0 Å². The minimum Gasteiger partial charge on any atom is -0.481 e. The summed E-state index contributed by atoms with van der Waals surface area (Å²) in [7, 11) is 0. The van der Waals surface area contributed by atoms with Gasteiger partial charge in [0, 0.05) is 24.0 Å². The lowest BCUT2D eigenvalue weighted by molar-refractivity contribution is -0.138. The highest BCUT2D eigenvalue weighted by Crippen LogP contribution is 2.25. The number of likely N-dealkylation sites (tertiary alicyclic amines) is 1. The highest BCUT2D eigenvalue weighted by atomic mass is 79.9. The lowest BCUT2D eigenvalue weighted by Gasteiger charge is -2.32.